The highest BCUT2D eigenvalue weighted by molar-refractivity contribution is 5.71. The standard InChI is InChI=1S/C16H19N3O2.C12H13N3/c1-2-21-16(20)13-19(11-14-7-3-5-9-17-14)12-15-8-4-6-10-18-15;1-3-7-14-11(5-1)9-13-10-12-6-2-4-8-15-12/h3-10H,2,11-13H2,1H3;1-8,13H,9-10H2. The Bertz CT molecular complexity index is 1030. The molecule has 0 fully saturated rings. The molecule has 0 aliphatic rings. The molecule has 1 N–H and O–H groups in total. The fourth-order valence-electron chi connectivity index (χ4n) is 3.32. The molecule has 0 radical (unpaired) electrons. The van der Waals surface area contributed by atoms with E-state index in [1.807, 2.05) is 77.7 Å². The largest absolute Gasteiger partial charge is 0.465 e. The lowest BCUT2D eigenvalue weighted by atomic mass is 10.3. The molecule has 4 heterocycles. The minimum Gasteiger partial charge on any atom is -0.465 e. The van der Waals surface area contributed by atoms with Crippen LogP contribution in [0.4, 0.5) is 0 Å². The van der Waals surface area contributed by atoms with Crippen LogP contribution in [0.5, 0.6) is 0 Å². The van der Waals surface area contributed by atoms with Crippen LogP contribution in [0.3, 0.4) is 0 Å². The second-order valence-corrected chi connectivity index (χ2v) is 7.84. The first-order valence-electron chi connectivity index (χ1n) is 11.9. The van der Waals surface area contributed by atoms with Crippen molar-refractivity contribution >= 4 is 5.97 Å². The molecule has 186 valence electrons. The van der Waals surface area contributed by atoms with Gasteiger partial charge in [-0.15, -0.1) is 0 Å². The van der Waals surface area contributed by atoms with Crippen molar-refractivity contribution in [1.82, 2.24) is 30.2 Å². The molecule has 4 aromatic heterocycles. The van der Waals surface area contributed by atoms with Crippen LogP contribution >= 0.6 is 0 Å². The fraction of sp³-hybridized carbons (Fsp3) is 0.250. The predicted octanol–water partition coefficient (Wildman–Crippen LogP) is 3.81. The van der Waals surface area contributed by atoms with Gasteiger partial charge in [0, 0.05) is 51.0 Å². The number of nitrogens with zero attached hydrogens (tertiary/aromatic N) is 5. The first kappa shape index (κ1) is 26.6. The quantitative estimate of drug-likeness (QED) is 0.321. The van der Waals surface area contributed by atoms with Crippen LogP contribution in [0.15, 0.2) is 97.6 Å². The Labute approximate surface area is 212 Å². The van der Waals surface area contributed by atoms with Gasteiger partial charge in [0.05, 0.1) is 35.9 Å². The summed E-state index contributed by atoms with van der Waals surface area (Å²) in [6, 6.07) is 23.3. The van der Waals surface area contributed by atoms with E-state index in [0.717, 1.165) is 35.9 Å². The number of esters is 1. The van der Waals surface area contributed by atoms with E-state index in [1.54, 1.807) is 31.7 Å². The van der Waals surface area contributed by atoms with E-state index in [0.29, 0.717) is 19.7 Å². The Morgan fingerprint density at radius 1 is 0.694 bits per heavy atom. The van der Waals surface area contributed by atoms with E-state index in [1.165, 1.54) is 0 Å². The summed E-state index contributed by atoms with van der Waals surface area (Å²) < 4.78 is 5.03. The molecule has 0 aliphatic heterocycles. The maximum absolute atomic E-state index is 11.7. The van der Waals surface area contributed by atoms with Crippen LogP contribution in [0.25, 0.3) is 0 Å². The molecule has 0 amide bonds. The molecular formula is C28H32N6O2. The Morgan fingerprint density at radius 3 is 1.47 bits per heavy atom. The van der Waals surface area contributed by atoms with E-state index in [-0.39, 0.29) is 12.5 Å². The maximum Gasteiger partial charge on any atom is 0.320 e. The summed E-state index contributed by atoms with van der Waals surface area (Å²) in [7, 11) is 0. The Hall–Kier alpha value is -4.01. The van der Waals surface area contributed by atoms with Gasteiger partial charge in [-0.1, -0.05) is 24.3 Å². The van der Waals surface area contributed by atoms with Crippen LogP contribution in [0.1, 0.15) is 29.7 Å². The van der Waals surface area contributed by atoms with Gasteiger partial charge in [0.2, 0.25) is 0 Å². The number of rotatable bonds is 11. The van der Waals surface area contributed by atoms with Gasteiger partial charge in [-0.3, -0.25) is 29.6 Å². The second-order valence-electron chi connectivity index (χ2n) is 7.84. The summed E-state index contributed by atoms with van der Waals surface area (Å²) in [4.78, 5) is 30.8. The number of nitrogens with one attached hydrogen (secondary N) is 1. The maximum atomic E-state index is 11.7. The average molecular weight is 485 g/mol. The zero-order chi connectivity index (χ0) is 25.3. The molecular weight excluding hydrogens is 452 g/mol. The molecule has 0 aliphatic carbocycles. The van der Waals surface area contributed by atoms with Crippen molar-refractivity contribution < 1.29 is 9.53 Å². The number of pyridine rings is 4. The molecule has 0 atom stereocenters. The smallest absolute Gasteiger partial charge is 0.320 e. The fourth-order valence-corrected chi connectivity index (χ4v) is 3.32. The summed E-state index contributed by atoms with van der Waals surface area (Å²) in [5.41, 5.74) is 3.93. The van der Waals surface area contributed by atoms with Gasteiger partial charge in [0.25, 0.3) is 0 Å². The minimum absolute atomic E-state index is 0.223. The summed E-state index contributed by atoms with van der Waals surface area (Å²) in [6.07, 6.45) is 7.10. The summed E-state index contributed by atoms with van der Waals surface area (Å²) >= 11 is 0. The van der Waals surface area contributed by atoms with E-state index >= 15 is 0 Å². The van der Waals surface area contributed by atoms with Gasteiger partial charge in [-0.05, 0) is 55.5 Å². The van der Waals surface area contributed by atoms with Gasteiger partial charge in [-0.2, -0.15) is 0 Å². The average Bonchev–Trinajstić information content (AvgIpc) is 2.92. The zero-order valence-corrected chi connectivity index (χ0v) is 20.5. The Balaban J connectivity index is 0.000000212. The third-order valence-corrected chi connectivity index (χ3v) is 4.95. The highest BCUT2D eigenvalue weighted by atomic mass is 16.5. The van der Waals surface area contributed by atoms with Crippen molar-refractivity contribution in [2.45, 2.75) is 33.1 Å². The summed E-state index contributed by atoms with van der Waals surface area (Å²) in [5.74, 6) is -0.232. The van der Waals surface area contributed by atoms with Crippen LogP contribution in [-0.4, -0.2) is 44.0 Å². The van der Waals surface area contributed by atoms with Crippen LogP contribution in [-0.2, 0) is 35.7 Å². The minimum atomic E-state index is -0.232. The number of hydrogen-bond acceptors (Lipinski definition) is 8. The third-order valence-electron chi connectivity index (χ3n) is 4.95. The molecule has 36 heavy (non-hydrogen) atoms. The zero-order valence-electron chi connectivity index (χ0n) is 20.5. The predicted molar refractivity (Wildman–Crippen MR) is 138 cm³/mol. The van der Waals surface area contributed by atoms with E-state index in [2.05, 4.69) is 25.3 Å². The molecule has 0 spiro atoms. The lowest BCUT2D eigenvalue weighted by Crippen LogP contribution is -2.31. The molecule has 8 heteroatoms. The molecule has 0 saturated heterocycles. The lowest BCUT2D eigenvalue weighted by Gasteiger charge is -2.20. The van der Waals surface area contributed by atoms with Gasteiger partial charge in [-0.25, -0.2) is 0 Å². The van der Waals surface area contributed by atoms with E-state index < -0.39 is 0 Å². The van der Waals surface area contributed by atoms with Crippen LogP contribution in [0, 0.1) is 0 Å². The van der Waals surface area contributed by atoms with E-state index in [4.69, 9.17) is 4.74 Å². The SMILES string of the molecule is CCOC(=O)CN(Cc1ccccn1)Cc1ccccn1.c1ccc(CNCc2ccccn2)nc1. The van der Waals surface area contributed by atoms with Gasteiger partial charge in [0.1, 0.15) is 0 Å². The van der Waals surface area contributed by atoms with Crippen LogP contribution in [0.2, 0.25) is 0 Å². The van der Waals surface area contributed by atoms with Crippen molar-refractivity contribution in [2.75, 3.05) is 13.2 Å². The molecule has 0 bridgehead atoms. The first-order valence-corrected chi connectivity index (χ1v) is 11.9. The number of carbonyl (C=O) groups excluding carboxylic acids is 1. The molecule has 0 aromatic carbocycles. The van der Waals surface area contributed by atoms with Crippen molar-refractivity contribution in [2.24, 2.45) is 0 Å². The highest BCUT2D eigenvalue weighted by Gasteiger charge is 2.13. The normalized spacial score (nSPS) is 10.4. The first-order chi connectivity index (χ1) is 17.7. The van der Waals surface area contributed by atoms with E-state index in [9.17, 15) is 4.79 Å². The molecule has 0 saturated carbocycles. The Morgan fingerprint density at radius 2 is 1.11 bits per heavy atom. The third kappa shape index (κ3) is 10.5. The number of ether oxygens (including phenoxy) is 1. The highest BCUT2D eigenvalue weighted by Crippen LogP contribution is 2.07. The van der Waals surface area contributed by atoms with Gasteiger partial charge >= 0.3 is 5.97 Å². The monoisotopic (exact) mass is 484 g/mol. The van der Waals surface area contributed by atoms with Crippen LogP contribution < -0.4 is 5.32 Å². The summed E-state index contributed by atoms with van der Waals surface area (Å²) in [5, 5.41) is 3.29. The number of carbonyl (C=O) groups is 1. The summed E-state index contributed by atoms with van der Waals surface area (Å²) in [6.45, 7) is 5.13. The van der Waals surface area contributed by atoms with Crippen molar-refractivity contribution in [3.8, 4) is 0 Å². The van der Waals surface area contributed by atoms with Crippen molar-refractivity contribution in [3.63, 3.8) is 0 Å². The number of hydrogen-bond donors (Lipinski definition) is 1. The van der Waals surface area contributed by atoms with Gasteiger partial charge in [0.15, 0.2) is 0 Å². The topological polar surface area (TPSA) is 93.1 Å². The van der Waals surface area contributed by atoms with Crippen molar-refractivity contribution in [3.05, 3.63) is 120 Å². The second kappa shape index (κ2) is 15.8. The Kier molecular flexibility index (Phi) is 11.7. The molecule has 0 unspecified atom stereocenters. The van der Waals surface area contributed by atoms with Gasteiger partial charge < -0.3 is 10.1 Å². The lowest BCUT2D eigenvalue weighted by molar-refractivity contribution is -0.144. The number of aromatic nitrogens is 4. The molecule has 4 rings (SSSR count). The molecule has 4 aromatic rings. The van der Waals surface area contributed by atoms with Crippen molar-refractivity contribution in [1.29, 1.82) is 0 Å². The molecule has 8 nitrogen and oxygen atoms in total.